The third kappa shape index (κ3) is 15.2. The molecule has 2 heterocycles. The van der Waals surface area contributed by atoms with Gasteiger partial charge in [-0.05, 0) is 22.3 Å². The lowest BCUT2D eigenvalue weighted by atomic mass is 9.95. The Balaban J connectivity index is 1.46. The van der Waals surface area contributed by atoms with Crippen LogP contribution >= 0.6 is 34.8 Å². The highest BCUT2D eigenvalue weighted by Crippen LogP contribution is 2.38. The van der Waals surface area contributed by atoms with Gasteiger partial charge in [0.25, 0.3) is 3.79 Å². The molecule has 6 rings (SSSR count). The van der Waals surface area contributed by atoms with Gasteiger partial charge in [0.05, 0.1) is 33.0 Å². The summed E-state index contributed by atoms with van der Waals surface area (Å²) in [6.45, 7) is 3.39. The van der Waals surface area contributed by atoms with Crippen LogP contribution in [0.4, 0.5) is 0 Å². The van der Waals surface area contributed by atoms with E-state index >= 15 is 0 Å². The molecule has 4 aromatic carbocycles. The van der Waals surface area contributed by atoms with Gasteiger partial charge in [-0.3, -0.25) is 19.8 Å². The van der Waals surface area contributed by atoms with Crippen molar-refractivity contribution in [1.82, 2.24) is 0 Å². The summed E-state index contributed by atoms with van der Waals surface area (Å²) in [6.07, 6.45) is -13.2. The standard InChI is InChI=1S/C48H52Cl3NO14/c1-30(53)57-29-38-40(61-31(2)54)42(44(62-32(3)55)46(64-38)66-47(52)48(49,50)51)65-45-43(60-27-36-22-14-7-15-23-36)41(59-26-35-20-12-6-13-21-35)39(58-25-34-18-10-5-11-19-34)37(63-45)28-56-24-33-16-8-4-9-17-33/h4-23,37-46,52H,24-29H2,1-3H3/t37-,38-,39+,40+,41+,42+,43-,44-,45-,46-/m1/s1. The van der Waals surface area contributed by atoms with Gasteiger partial charge in [0, 0.05) is 20.8 Å². The summed E-state index contributed by atoms with van der Waals surface area (Å²) in [5, 5.41) is 8.42. The van der Waals surface area contributed by atoms with Crippen molar-refractivity contribution in [1.29, 1.82) is 5.41 Å². The number of hydrogen-bond donors (Lipinski definition) is 1. The molecule has 0 saturated carbocycles. The molecule has 354 valence electrons. The lowest BCUT2D eigenvalue weighted by molar-refractivity contribution is -0.367. The zero-order valence-electron chi connectivity index (χ0n) is 36.4. The Hall–Kier alpha value is -4.65. The minimum atomic E-state index is -2.40. The van der Waals surface area contributed by atoms with Crippen LogP contribution in [0.15, 0.2) is 121 Å². The molecule has 0 radical (unpaired) electrons. The highest BCUT2D eigenvalue weighted by Gasteiger charge is 2.57. The van der Waals surface area contributed by atoms with Crippen LogP contribution in [0.5, 0.6) is 0 Å². The van der Waals surface area contributed by atoms with E-state index in [2.05, 4.69) is 0 Å². The Bertz CT molecular complexity index is 2140. The van der Waals surface area contributed by atoms with E-state index in [1.165, 1.54) is 6.92 Å². The zero-order valence-corrected chi connectivity index (χ0v) is 38.7. The molecule has 2 saturated heterocycles. The third-order valence-corrected chi connectivity index (χ3v) is 10.8. The smallest absolute Gasteiger partial charge is 0.303 e. The SMILES string of the molecule is CC(=O)OC[C@H]1O[C@H](OC(=N)C(Cl)(Cl)Cl)[C@H](OC(C)=O)[C@@H](O[C@H]2O[C@H](COCc3ccccc3)[C@H](OCc3ccccc3)[C@H](OCc3ccccc3)[C@H]2OCc2ccccc2)[C@H]1OC(C)=O. The Labute approximate surface area is 398 Å². The van der Waals surface area contributed by atoms with Crippen LogP contribution < -0.4 is 0 Å². The molecule has 0 unspecified atom stereocenters. The van der Waals surface area contributed by atoms with Gasteiger partial charge in [-0.2, -0.15) is 0 Å². The van der Waals surface area contributed by atoms with Crippen molar-refractivity contribution in [3.8, 4) is 0 Å². The zero-order chi connectivity index (χ0) is 47.1. The number of alkyl halides is 3. The molecule has 2 aliphatic rings. The van der Waals surface area contributed by atoms with Gasteiger partial charge in [0.15, 0.2) is 18.5 Å². The monoisotopic (exact) mass is 971 g/mol. The second kappa shape index (κ2) is 24.9. The molecular formula is C48H52Cl3NO14. The number of carbonyl (C=O) groups excluding carboxylic acids is 3. The molecule has 0 spiro atoms. The molecule has 18 heteroatoms. The average molecular weight is 973 g/mol. The first-order valence-corrected chi connectivity index (χ1v) is 22.2. The minimum absolute atomic E-state index is 0.0380. The van der Waals surface area contributed by atoms with Gasteiger partial charge < -0.3 is 52.1 Å². The fourth-order valence-corrected chi connectivity index (χ4v) is 7.44. The van der Waals surface area contributed by atoms with E-state index in [1.54, 1.807) is 0 Å². The molecule has 0 aromatic heterocycles. The van der Waals surface area contributed by atoms with Gasteiger partial charge in [-0.1, -0.05) is 156 Å². The summed E-state index contributed by atoms with van der Waals surface area (Å²) in [5.74, 6) is -3.26. The number of esters is 3. The van der Waals surface area contributed by atoms with E-state index in [4.69, 9.17) is 92.3 Å². The molecule has 0 aliphatic carbocycles. The quantitative estimate of drug-likeness (QED) is 0.0301. The lowest BCUT2D eigenvalue weighted by Gasteiger charge is -2.49. The van der Waals surface area contributed by atoms with E-state index in [-0.39, 0.29) is 33.0 Å². The summed E-state index contributed by atoms with van der Waals surface area (Å²) in [5.41, 5.74) is 3.44. The number of halogens is 3. The fourth-order valence-electron chi connectivity index (χ4n) is 7.31. The van der Waals surface area contributed by atoms with Crippen molar-refractivity contribution in [2.24, 2.45) is 0 Å². The average Bonchev–Trinajstić information content (AvgIpc) is 3.29. The first-order chi connectivity index (χ1) is 31.7. The molecule has 15 nitrogen and oxygen atoms in total. The number of rotatable bonds is 20. The fraction of sp³-hybridized carbons (Fsp3) is 0.417. The van der Waals surface area contributed by atoms with Gasteiger partial charge in [-0.25, -0.2) is 0 Å². The Morgan fingerprint density at radius 3 is 1.39 bits per heavy atom. The number of nitrogens with one attached hydrogen (secondary N) is 1. The summed E-state index contributed by atoms with van der Waals surface area (Å²) in [6, 6.07) is 38.1. The number of ether oxygens (including phenoxy) is 11. The Morgan fingerprint density at radius 1 is 0.500 bits per heavy atom. The highest BCUT2D eigenvalue weighted by molar-refractivity contribution is 6.76. The van der Waals surface area contributed by atoms with Crippen molar-refractivity contribution in [2.45, 2.75) is 112 Å². The number of benzene rings is 4. The minimum Gasteiger partial charge on any atom is -0.463 e. The van der Waals surface area contributed by atoms with Crippen molar-refractivity contribution in [3.63, 3.8) is 0 Å². The Morgan fingerprint density at radius 2 is 0.924 bits per heavy atom. The molecule has 66 heavy (non-hydrogen) atoms. The second-order valence-electron chi connectivity index (χ2n) is 15.4. The van der Waals surface area contributed by atoms with Crippen LogP contribution in [-0.2, 0) is 92.9 Å². The molecule has 2 aliphatic heterocycles. The maximum atomic E-state index is 12.9. The normalized spacial score (nSPS) is 25.3. The number of carbonyl (C=O) groups is 3. The first kappa shape index (κ1) is 50.8. The molecule has 1 N–H and O–H groups in total. The molecule has 0 bridgehead atoms. The van der Waals surface area contributed by atoms with Crippen LogP contribution in [0.25, 0.3) is 0 Å². The predicted molar refractivity (Wildman–Crippen MR) is 240 cm³/mol. The van der Waals surface area contributed by atoms with Crippen LogP contribution in [0.3, 0.4) is 0 Å². The van der Waals surface area contributed by atoms with E-state index < -0.39 is 95.6 Å². The molecule has 4 aromatic rings. The molecule has 10 atom stereocenters. The largest absolute Gasteiger partial charge is 0.463 e. The van der Waals surface area contributed by atoms with Gasteiger partial charge >= 0.3 is 17.9 Å². The van der Waals surface area contributed by atoms with Crippen molar-refractivity contribution in [2.75, 3.05) is 13.2 Å². The number of hydrogen-bond acceptors (Lipinski definition) is 15. The topological polar surface area (TPSA) is 177 Å². The van der Waals surface area contributed by atoms with Crippen LogP contribution in [0, 0.1) is 5.41 Å². The second-order valence-corrected chi connectivity index (χ2v) is 17.6. The van der Waals surface area contributed by atoms with E-state index in [0.717, 1.165) is 36.1 Å². The maximum Gasteiger partial charge on any atom is 0.303 e. The summed E-state index contributed by atoms with van der Waals surface area (Å²) < 4.78 is 66.9. The summed E-state index contributed by atoms with van der Waals surface area (Å²) >= 11 is 18.1. The molecule has 2 fully saturated rings. The highest BCUT2D eigenvalue weighted by atomic mass is 35.6. The summed E-state index contributed by atoms with van der Waals surface area (Å²) in [4.78, 5) is 38.0. The maximum absolute atomic E-state index is 12.9. The van der Waals surface area contributed by atoms with Crippen molar-refractivity contribution < 1.29 is 66.5 Å². The van der Waals surface area contributed by atoms with Gasteiger partial charge in [-0.15, -0.1) is 0 Å². The van der Waals surface area contributed by atoms with Crippen molar-refractivity contribution in [3.05, 3.63) is 144 Å². The third-order valence-electron chi connectivity index (χ3n) is 10.3. The van der Waals surface area contributed by atoms with E-state index in [1.807, 2.05) is 121 Å². The van der Waals surface area contributed by atoms with Crippen molar-refractivity contribution >= 4 is 58.6 Å². The molecular weight excluding hydrogens is 921 g/mol. The Kier molecular flexibility index (Phi) is 19.2. The predicted octanol–water partition coefficient (Wildman–Crippen LogP) is 7.58. The van der Waals surface area contributed by atoms with Gasteiger partial charge in [0.2, 0.25) is 12.2 Å². The van der Waals surface area contributed by atoms with Crippen LogP contribution in [-0.4, -0.2) is 102 Å². The van der Waals surface area contributed by atoms with Crippen LogP contribution in [0.2, 0.25) is 0 Å². The van der Waals surface area contributed by atoms with Crippen LogP contribution in [0.1, 0.15) is 43.0 Å². The summed E-state index contributed by atoms with van der Waals surface area (Å²) in [7, 11) is 0. The lowest BCUT2D eigenvalue weighted by Crippen LogP contribution is -2.67. The first-order valence-electron chi connectivity index (χ1n) is 21.1. The van der Waals surface area contributed by atoms with E-state index in [0.29, 0.717) is 0 Å². The van der Waals surface area contributed by atoms with Gasteiger partial charge in [0.1, 0.15) is 43.2 Å². The molecule has 0 amide bonds. The van der Waals surface area contributed by atoms with E-state index in [9.17, 15) is 14.4 Å².